The Balaban J connectivity index is 1.80. The van der Waals surface area contributed by atoms with Gasteiger partial charge < -0.3 is 10.1 Å². The van der Waals surface area contributed by atoms with Gasteiger partial charge in [-0.2, -0.15) is 13.2 Å². The Bertz CT molecular complexity index is 465. The first-order chi connectivity index (χ1) is 9.92. The van der Waals surface area contributed by atoms with E-state index in [1.165, 1.54) is 37.1 Å². The molecule has 1 aromatic rings. The number of rotatable bonds is 5. The average Bonchev–Trinajstić information content (AvgIpc) is 2.89. The maximum absolute atomic E-state index is 12.0. The molecule has 1 amide bonds. The van der Waals surface area contributed by atoms with Gasteiger partial charge in [0.15, 0.2) is 6.61 Å². The molecule has 0 atom stereocenters. The Morgan fingerprint density at radius 1 is 1.19 bits per heavy atom. The second kappa shape index (κ2) is 6.83. The van der Waals surface area contributed by atoms with Gasteiger partial charge in [-0.25, -0.2) is 0 Å². The predicted molar refractivity (Wildman–Crippen MR) is 73.2 cm³/mol. The van der Waals surface area contributed by atoms with Crippen molar-refractivity contribution < 1.29 is 22.7 Å². The highest BCUT2D eigenvalue weighted by Crippen LogP contribution is 2.28. The van der Waals surface area contributed by atoms with E-state index in [4.69, 9.17) is 0 Å². The summed E-state index contributed by atoms with van der Waals surface area (Å²) >= 11 is 0. The summed E-state index contributed by atoms with van der Waals surface area (Å²) < 4.78 is 40.6. The van der Waals surface area contributed by atoms with Crippen LogP contribution in [0.25, 0.3) is 0 Å². The predicted octanol–water partition coefficient (Wildman–Crippen LogP) is 4.15. The van der Waals surface area contributed by atoms with Crippen LogP contribution in [0.2, 0.25) is 0 Å². The summed E-state index contributed by atoms with van der Waals surface area (Å²) in [4.78, 5) is 11.8. The van der Waals surface area contributed by atoms with Crippen molar-refractivity contribution in [2.45, 2.75) is 38.3 Å². The molecule has 0 unspecified atom stereocenters. The van der Waals surface area contributed by atoms with Crippen LogP contribution in [0.15, 0.2) is 24.3 Å². The third kappa shape index (κ3) is 5.65. The van der Waals surface area contributed by atoms with Gasteiger partial charge in [-0.1, -0.05) is 12.8 Å². The van der Waals surface area contributed by atoms with Gasteiger partial charge in [0.2, 0.25) is 5.91 Å². The van der Waals surface area contributed by atoms with E-state index in [-0.39, 0.29) is 11.7 Å². The van der Waals surface area contributed by atoms with Crippen molar-refractivity contribution in [3.8, 4) is 5.75 Å². The lowest BCUT2D eigenvalue weighted by molar-refractivity contribution is -0.153. The van der Waals surface area contributed by atoms with E-state index in [9.17, 15) is 18.0 Å². The number of carbonyl (C=O) groups excluding carboxylic acids is 1. The highest BCUT2D eigenvalue weighted by Gasteiger charge is 2.28. The van der Waals surface area contributed by atoms with E-state index in [0.29, 0.717) is 18.0 Å². The van der Waals surface area contributed by atoms with E-state index >= 15 is 0 Å². The van der Waals surface area contributed by atoms with Gasteiger partial charge >= 0.3 is 6.18 Å². The lowest BCUT2D eigenvalue weighted by atomic mass is 10.0. The minimum absolute atomic E-state index is 0.0501. The number of benzene rings is 1. The Morgan fingerprint density at radius 2 is 1.81 bits per heavy atom. The Hall–Kier alpha value is -1.72. The first kappa shape index (κ1) is 15.7. The lowest BCUT2D eigenvalue weighted by Gasteiger charge is -2.11. The molecular formula is C15H18F3NO2. The molecule has 1 aromatic carbocycles. The van der Waals surface area contributed by atoms with Crippen LogP contribution in [-0.4, -0.2) is 18.7 Å². The van der Waals surface area contributed by atoms with Crippen LogP contribution in [0.5, 0.6) is 5.75 Å². The SMILES string of the molecule is O=C(CC1CCCC1)Nc1ccc(OCC(F)(F)F)cc1. The molecule has 2 rings (SSSR count). The van der Waals surface area contributed by atoms with E-state index < -0.39 is 12.8 Å². The first-order valence-corrected chi connectivity index (χ1v) is 7.02. The molecule has 0 aliphatic heterocycles. The molecule has 1 fully saturated rings. The summed E-state index contributed by atoms with van der Waals surface area (Å²) in [5, 5.41) is 2.75. The molecule has 0 aromatic heterocycles. The highest BCUT2D eigenvalue weighted by molar-refractivity contribution is 5.90. The minimum Gasteiger partial charge on any atom is -0.484 e. The van der Waals surface area contributed by atoms with Crippen molar-refractivity contribution in [2.75, 3.05) is 11.9 Å². The van der Waals surface area contributed by atoms with Gasteiger partial charge in [0.1, 0.15) is 5.75 Å². The number of hydrogen-bond acceptors (Lipinski definition) is 2. The van der Waals surface area contributed by atoms with Crippen LogP contribution in [-0.2, 0) is 4.79 Å². The summed E-state index contributed by atoms with van der Waals surface area (Å²) in [6.45, 7) is -1.32. The summed E-state index contributed by atoms with van der Waals surface area (Å²) in [6.07, 6.45) is 0.710. The van der Waals surface area contributed by atoms with E-state index in [2.05, 4.69) is 10.1 Å². The van der Waals surface area contributed by atoms with E-state index in [1.54, 1.807) is 0 Å². The minimum atomic E-state index is -4.35. The average molecular weight is 301 g/mol. The molecule has 1 aliphatic carbocycles. The summed E-state index contributed by atoms with van der Waals surface area (Å²) in [5.74, 6) is 0.534. The van der Waals surface area contributed by atoms with Gasteiger partial charge in [-0.15, -0.1) is 0 Å². The summed E-state index contributed by atoms with van der Waals surface area (Å²) in [7, 11) is 0. The van der Waals surface area contributed by atoms with Crippen LogP contribution in [0, 0.1) is 5.92 Å². The maximum atomic E-state index is 12.0. The van der Waals surface area contributed by atoms with Gasteiger partial charge in [0.05, 0.1) is 0 Å². The molecule has 0 saturated heterocycles. The molecule has 3 nitrogen and oxygen atoms in total. The van der Waals surface area contributed by atoms with Crippen LogP contribution in [0.1, 0.15) is 32.1 Å². The number of amides is 1. The van der Waals surface area contributed by atoms with E-state index in [0.717, 1.165) is 12.8 Å². The van der Waals surface area contributed by atoms with E-state index in [1.807, 2.05) is 0 Å². The number of anilines is 1. The van der Waals surface area contributed by atoms with Gasteiger partial charge in [-0.05, 0) is 43.0 Å². The fourth-order valence-corrected chi connectivity index (χ4v) is 2.49. The number of halogens is 3. The fraction of sp³-hybridized carbons (Fsp3) is 0.533. The fourth-order valence-electron chi connectivity index (χ4n) is 2.49. The molecule has 0 bridgehead atoms. The number of ether oxygens (including phenoxy) is 1. The zero-order valence-electron chi connectivity index (χ0n) is 11.6. The molecule has 0 heterocycles. The van der Waals surface area contributed by atoms with Crippen molar-refractivity contribution in [3.63, 3.8) is 0 Å². The number of nitrogens with one attached hydrogen (secondary N) is 1. The van der Waals surface area contributed by atoms with Crippen molar-refractivity contribution in [1.29, 1.82) is 0 Å². The largest absolute Gasteiger partial charge is 0.484 e. The van der Waals surface area contributed by atoms with Gasteiger partial charge in [0.25, 0.3) is 0 Å². The topological polar surface area (TPSA) is 38.3 Å². The number of carbonyl (C=O) groups is 1. The lowest BCUT2D eigenvalue weighted by Crippen LogP contribution is -2.19. The standard InChI is InChI=1S/C15H18F3NO2/c16-15(17,18)10-21-13-7-5-12(6-8-13)19-14(20)9-11-3-1-2-4-11/h5-8,11H,1-4,9-10H2,(H,19,20). The van der Waals surface area contributed by atoms with Crippen molar-refractivity contribution >= 4 is 11.6 Å². The summed E-state index contributed by atoms with van der Waals surface area (Å²) in [6, 6.07) is 5.91. The van der Waals surface area contributed by atoms with Crippen LogP contribution < -0.4 is 10.1 Å². The molecule has 1 saturated carbocycles. The number of alkyl halides is 3. The molecular weight excluding hydrogens is 283 g/mol. The molecule has 1 aliphatic rings. The molecule has 1 N–H and O–H groups in total. The Labute approximate surface area is 121 Å². The Kier molecular flexibility index (Phi) is 5.09. The quantitative estimate of drug-likeness (QED) is 0.887. The summed E-state index contributed by atoms with van der Waals surface area (Å²) in [5.41, 5.74) is 0.567. The molecule has 0 spiro atoms. The maximum Gasteiger partial charge on any atom is 0.422 e. The zero-order valence-corrected chi connectivity index (χ0v) is 11.6. The highest BCUT2D eigenvalue weighted by atomic mass is 19.4. The van der Waals surface area contributed by atoms with Crippen LogP contribution in [0.4, 0.5) is 18.9 Å². The molecule has 21 heavy (non-hydrogen) atoms. The normalized spacial score (nSPS) is 16.0. The van der Waals surface area contributed by atoms with Crippen molar-refractivity contribution in [2.24, 2.45) is 5.92 Å². The Morgan fingerprint density at radius 3 is 2.38 bits per heavy atom. The van der Waals surface area contributed by atoms with Crippen LogP contribution in [0.3, 0.4) is 0 Å². The van der Waals surface area contributed by atoms with Gasteiger partial charge in [-0.3, -0.25) is 4.79 Å². The zero-order chi connectivity index (χ0) is 15.3. The van der Waals surface area contributed by atoms with Crippen molar-refractivity contribution in [1.82, 2.24) is 0 Å². The molecule has 116 valence electrons. The van der Waals surface area contributed by atoms with Crippen molar-refractivity contribution in [3.05, 3.63) is 24.3 Å². The number of hydrogen-bond donors (Lipinski definition) is 1. The van der Waals surface area contributed by atoms with Crippen LogP contribution >= 0.6 is 0 Å². The molecule has 6 heteroatoms. The third-order valence-electron chi connectivity index (χ3n) is 3.49. The second-order valence-electron chi connectivity index (χ2n) is 5.33. The molecule has 0 radical (unpaired) electrons. The monoisotopic (exact) mass is 301 g/mol. The smallest absolute Gasteiger partial charge is 0.422 e. The first-order valence-electron chi connectivity index (χ1n) is 7.02. The third-order valence-corrected chi connectivity index (χ3v) is 3.49. The van der Waals surface area contributed by atoms with Gasteiger partial charge in [0, 0.05) is 12.1 Å². The second-order valence-corrected chi connectivity index (χ2v) is 5.33.